The Kier molecular flexibility index (Phi) is 4.79. The second-order valence-corrected chi connectivity index (χ2v) is 6.19. The van der Waals surface area contributed by atoms with E-state index < -0.39 is 0 Å². The molecule has 0 saturated heterocycles. The SMILES string of the molecule is COc1ccc(CCCN2CCc3c(C)cccc3C2)cc1. The number of methoxy groups -OCH3 is 1. The van der Waals surface area contributed by atoms with Crippen LogP contribution in [0.1, 0.15) is 28.7 Å². The highest BCUT2D eigenvalue weighted by molar-refractivity contribution is 5.36. The number of ether oxygens (including phenoxy) is 1. The Balaban J connectivity index is 1.50. The normalized spacial score (nSPS) is 14.6. The van der Waals surface area contributed by atoms with E-state index in [2.05, 4.69) is 54.3 Å². The number of nitrogens with zero attached hydrogens (tertiary/aromatic N) is 1. The van der Waals surface area contributed by atoms with Crippen LogP contribution in [0, 0.1) is 6.92 Å². The van der Waals surface area contributed by atoms with Crippen molar-refractivity contribution in [1.29, 1.82) is 0 Å². The number of rotatable bonds is 5. The molecule has 0 fully saturated rings. The number of hydrogen-bond donors (Lipinski definition) is 0. The molecule has 1 aliphatic heterocycles. The molecule has 2 aromatic carbocycles. The monoisotopic (exact) mass is 295 g/mol. The largest absolute Gasteiger partial charge is 0.497 e. The van der Waals surface area contributed by atoms with Crippen LogP contribution in [0.15, 0.2) is 42.5 Å². The van der Waals surface area contributed by atoms with Gasteiger partial charge in [-0.1, -0.05) is 30.3 Å². The van der Waals surface area contributed by atoms with Crippen LogP contribution in [0.4, 0.5) is 0 Å². The summed E-state index contributed by atoms with van der Waals surface area (Å²) in [5.41, 5.74) is 5.95. The van der Waals surface area contributed by atoms with E-state index in [0.717, 1.165) is 18.7 Å². The van der Waals surface area contributed by atoms with Gasteiger partial charge in [0, 0.05) is 13.1 Å². The first kappa shape index (κ1) is 15.1. The Bertz CT molecular complexity index is 618. The van der Waals surface area contributed by atoms with Crippen LogP contribution in [0.5, 0.6) is 5.75 Å². The minimum Gasteiger partial charge on any atom is -0.497 e. The maximum atomic E-state index is 5.20. The maximum absolute atomic E-state index is 5.20. The predicted octanol–water partition coefficient (Wildman–Crippen LogP) is 3.99. The van der Waals surface area contributed by atoms with E-state index in [9.17, 15) is 0 Å². The van der Waals surface area contributed by atoms with Crippen LogP contribution in [0.25, 0.3) is 0 Å². The number of benzene rings is 2. The molecular formula is C20H25NO. The van der Waals surface area contributed by atoms with Gasteiger partial charge in [0.1, 0.15) is 5.75 Å². The number of fused-ring (bicyclic) bond motifs is 1. The Labute approximate surface area is 133 Å². The lowest BCUT2D eigenvalue weighted by Crippen LogP contribution is -2.31. The van der Waals surface area contributed by atoms with E-state index in [-0.39, 0.29) is 0 Å². The summed E-state index contributed by atoms with van der Waals surface area (Å²) < 4.78 is 5.20. The first-order valence-corrected chi connectivity index (χ1v) is 8.19. The molecule has 0 radical (unpaired) electrons. The highest BCUT2D eigenvalue weighted by atomic mass is 16.5. The minimum atomic E-state index is 0.937. The van der Waals surface area contributed by atoms with Crippen molar-refractivity contribution in [3.8, 4) is 5.75 Å². The van der Waals surface area contributed by atoms with Crippen molar-refractivity contribution < 1.29 is 4.74 Å². The molecule has 0 amide bonds. The molecule has 2 aromatic rings. The molecule has 0 aromatic heterocycles. The van der Waals surface area contributed by atoms with Crippen molar-refractivity contribution in [3.05, 3.63) is 64.7 Å². The Morgan fingerprint density at radius 3 is 2.68 bits per heavy atom. The van der Waals surface area contributed by atoms with Gasteiger partial charge in [0.15, 0.2) is 0 Å². The second kappa shape index (κ2) is 6.97. The van der Waals surface area contributed by atoms with Crippen molar-refractivity contribution in [2.45, 2.75) is 32.7 Å². The Morgan fingerprint density at radius 1 is 1.09 bits per heavy atom. The highest BCUT2D eigenvalue weighted by Gasteiger charge is 2.16. The van der Waals surface area contributed by atoms with Crippen LogP contribution >= 0.6 is 0 Å². The molecule has 1 heterocycles. The molecule has 116 valence electrons. The molecule has 2 heteroatoms. The quantitative estimate of drug-likeness (QED) is 0.827. The molecule has 1 aliphatic rings. The fraction of sp³-hybridized carbons (Fsp3) is 0.400. The lowest BCUT2D eigenvalue weighted by Gasteiger charge is -2.29. The molecule has 22 heavy (non-hydrogen) atoms. The second-order valence-electron chi connectivity index (χ2n) is 6.19. The van der Waals surface area contributed by atoms with Crippen molar-refractivity contribution in [2.75, 3.05) is 20.2 Å². The lowest BCUT2D eigenvalue weighted by molar-refractivity contribution is 0.251. The highest BCUT2D eigenvalue weighted by Crippen LogP contribution is 2.22. The number of hydrogen-bond acceptors (Lipinski definition) is 2. The summed E-state index contributed by atoms with van der Waals surface area (Å²) in [6, 6.07) is 15.2. The number of aryl methyl sites for hydroxylation is 2. The Morgan fingerprint density at radius 2 is 1.91 bits per heavy atom. The van der Waals surface area contributed by atoms with Crippen molar-refractivity contribution in [3.63, 3.8) is 0 Å². The Hall–Kier alpha value is -1.80. The average molecular weight is 295 g/mol. The summed E-state index contributed by atoms with van der Waals surface area (Å²) >= 11 is 0. The summed E-state index contributed by atoms with van der Waals surface area (Å²) in [5.74, 6) is 0.937. The smallest absolute Gasteiger partial charge is 0.118 e. The summed E-state index contributed by atoms with van der Waals surface area (Å²) in [5, 5.41) is 0. The molecule has 0 bridgehead atoms. The fourth-order valence-electron chi connectivity index (χ4n) is 3.35. The van der Waals surface area contributed by atoms with Crippen molar-refractivity contribution in [1.82, 2.24) is 4.90 Å². The summed E-state index contributed by atoms with van der Waals surface area (Å²) in [7, 11) is 1.71. The summed E-state index contributed by atoms with van der Waals surface area (Å²) in [6.07, 6.45) is 3.55. The minimum absolute atomic E-state index is 0.937. The first-order chi connectivity index (χ1) is 10.8. The summed E-state index contributed by atoms with van der Waals surface area (Å²) in [6.45, 7) is 5.72. The third-order valence-corrected chi connectivity index (χ3v) is 4.68. The zero-order valence-electron chi connectivity index (χ0n) is 13.6. The molecule has 0 N–H and O–H groups in total. The van der Waals surface area contributed by atoms with Crippen molar-refractivity contribution >= 4 is 0 Å². The van der Waals surface area contributed by atoms with Crippen LogP contribution in [0.3, 0.4) is 0 Å². The van der Waals surface area contributed by atoms with E-state index in [1.54, 1.807) is 12.7 Å². The third-order valence-electron chi connectivity index (χ3n) is 4.68. The van der Waals surface area contributed by atoms with Crippen LogP contribution < -0.4 is 4.74 Å². The molecule has 0 spiro atoms. The molecule has 0 saturated carbocycles. The van der Waals surface area contributed by atoms with Gasteiger partial charge < -0.3 is 4.74 Å². The third kappa shape index (κ3) is 3.50. The lowest BCUT2D eigenvalue weighted by atomic mass is 9.95. The summed E-state index contributed by atoms with van der Waals surface area (Å²) in [4.78, 5) is 2.59. The van der Waals surface area contributed by atoms with Gasteiger partial charge >= 0.3 is 0 Å². The maximum Gasteiger partial charge on any atom is 0.118 e. The van der Waals surface area contributed by atoms with Gasteiger partial charge in [-0.15, -0.1) is 0 Å². The van der Waals surface area contributed by atoms with E-state index in [0.29, 0.717) is 0 Å². The van der Waals surface area contributed by atoms with Gasteiger partial charge in [0.25, 0.3) is 0 Å². The van der Waals surface area contributed by atoms with Gasteiger partial charge in [-0.2, -0.15) is 0 Å². The van der Waals surface area contributed by atoms with Gasteiger partial charge in [0.05, 0.1) is 7.11 Å². The van der Waals surface area contributed by atoms with Gasteiger partial charge in [-0.3, -0.25) is 4.90 Å². The molecular weight excluding hydrogens is 270 g/mol. The van der Waals surface area contributed by atoms with Gasteiger partial charge in [-0.25, -0.2) is 0 Å². The average Bonchev–Trinajstić information content (AvgIpc) is 2.56. The van der Waals surface area contributed by atoms with E-state index in [1.165, 1.54) is 42.6 Å². The van der Waals surface area contributed by atoms with E-state index >= 15 is 0 Å². The van der Waals surface area contributed by atoms with E-state index in [1.807, 2.05) is 0 Å². The molecule has 2 nitrogen and oxygen atoms in total. The topological polar surface area (TPSA) is 12.5 Å². The molecule has 3 rings (SSSR count). The van der Waals surface area contributed by atoms with E-state index in [4.69, 9.17) is 4.74 Å². The fourth-order valence-corrected chi connectivity index (χ4v) is 3.35. The zero-order valence-corrected chi connectivity index (χ0v) is 13.6. The molecule has 0 atom stereocenters. The van der Waals surface area contributed by atoms with Gasteiger partial charge in [0.2, 0.25) is 0 Å². The molecule has 0 unspecified atom stereocenters. The standard InChI is InChI=1S/C20H25NO/c1-16-5-3-7-18-15-21(14-12-20(16)18)13-4-6-17-8-10-19(22-2)11-9-17/h3,5,7-11H,4,6,12-15H2,1-2H3. The van der Waals surface area contributed by atoms with Crippen LogP contribution in [0.2, 0.25) is 0 Å². The molecule has 0 aliphatic carbocycles. The van der Waals surface area contributed by atoms with Crippen LogP contribution in [-0.2, 0) is 19.4 Å². The zero-order chi connectivity index (χ0) is 15.4. The van der Waals surface area contributed by atoms with Crippen molar-refractivity contribution in [2.24, 2.45) is 0 Å². The van der Waals surface area contributed by atoms with Gasteiger partial charge in [-0.05, 0) is 67.1 Å². The first-order valence-electron chi connectivity index (χ1n) is 8.19. The van der Waals surface area contributed by atoms with Crippen LogP contribution in [-0.4, -0.2) is 25.1 Å². The predicted molar refractivity (Wildman–Crippen MR) is 91.5 cm³/mol.